The Labute approximate surface area is 152 Å². The minimum Gasteiger partial charge on any atom is -0.0885 e. The molecule has 0 nitrogen and oxygen atoms in total. The van der Waals surface area contributed by atoms with E-state index in [9.17, 15) is 0 Å². The molecule has 0 unspecified atom stereocenters. The molecular weight excluding hydrogens is 288 g/mol. The summed E-state index contributed by atoms with van der Waals surface area (Å²) in [5.41, 5.74) is 0. The van der Waals surface area contributed by atoms with Crippen LogP contribution >= 0.6 is 0 Å². The van der Waals surface area contributed by atoms with Gasteiger partial charge in [0.25, 0.3) is 0 Å². The lowest BCUT2D eigenvalue weighted by Gasteiger charge is -2.00. The second-order valence-electron chi connectivity index (χ2n) is 7.39. The number of hydrogen-bond acceptors (Lipinski definition) is 0. The second kappa shape index (κ2) is 18.6. The van der Waals surface area contributed by atoms with Gasteiger partial charge in [0.1, 0.15) is 0 Å². The first-order chi connectivity index (χ1) is 12.0. The molecule has 138 valence electrons. The maximum absolute atomic E-state index is 2.42. The first kappa shape index (κ1) is 21.3. The van der Waals surface area contributed by atoms with Crippen LogP contribution < -0.4 is 0 Å². The van der Waals surface area contributed by atoms with Gasteiger partial charge in [0.15, 0.2) is 0 Å². The van der Waals surface area contributed by atoms with Gasteiger partial charge in [-0.3, -0.25) is 0 Å². The molecule has 0 aromatic rings. The highest BCUT2D eigenvalue weighted by Gasteiger charge is 1.91. The number of hydrogen-bond donors (Lipinski definition) is 0. The third-order valence-corrected chi connectivity index (χ3v) is 4.97. The average molecular weight is 331 g/mol. The molecule has 1 aliphatic carbocycles. The monoisotopic (exact) mass is 330 g/mol. The molecule has 0 bridgehead atoms. The van der Waals surface area contributed by atoms with Crippen LogP contribution in [0.15, 0.2) is 36.5 Å². The molecule has 0 aromatic heterocycles. The molecule has 0 atom stereocenters. The molecule has 0 N–H and O–H groups in total. The van der Waals surface area contributed by atoms with Crippen molar-refractivity contribution in [3.05, 3.63) is 36.5 Å². The lowest BCUT2D eigenvalue weighted by molar-refractivity contribution is 0.638. The van der Waals surface area contributed by atoms with Gasteiger partial charge < -0.3 is 0 Å². The normalized spacial score (nSPS) is 26.0. The highest BCUT2D eigenvalue weighted by molar-refractivity contribution is 4.83. The maximum Gasteiger partial charge on any atom is -0.0351 e. The first-order valence-corrected chi connectivity index (χ1v) is 10.9. The fourth-order valence-electron chi connectivity index (χ4n) is 3.34. The van der Waals surface area contributed by atoms with Crippen molar-refractivity contribution in [3.8, 4) is 0 Å². The van der Waals surface area contributed by atoms with E-state index in [0.717, 1.165) is 0 Å². The predicted molar refractivity (Wildman–Crippen MR) is 111 cm³/mol. The largest absolute Gasteiger partial charge is 0.0885 e. The van der Waals surface area contributed by atoms with Gasteiger partial charge in [-0.1, -0.05) is 75.0 Å². The minimum absolute atomic E-state index is 1.29. The van der Waals surface area contributed by atoms with Crippen LogP contribution in [0.3, 0.4) is 0 Å². The first-order valence-electron chi connectivity index (χ1n) is 10.9. The van der Waals surface area contributed by atoms with Gasteiger partial charge >= 0.3 is 0 Å². The van der Waals surface area contributed by atoms with Gasteiger partial charge in [0.2, 0.25) is 0 Å². The van der Waals surface area contributed by atoms with Crippen LogP contribution in [-0.4, -0.2) is 0 Å². The van der Waals surface area contributed by atoms with Crippen LogP contribution in [0.4, 0.5) is 0 Å². The fraction of sp³-hybridized carbons (Fsp3) is 0.750. The lowest BCUT2D eigenvalue weighted by Crippen LogP contribution is -1.80. The summed E-state index contributed by atoms with van der Waals surface area (Å²) in [4.78, 5) is 0. The third kappa shape index (κ3) is 16.1. The molecule has 1 rings (SSSR count). The molecule has 0 heteroatoms. The zero-order chi connectivity index (χ0) is 17.0. The Morgan fingerprint density at radius 3 is 0.542 bits per heavy atom. The Bertz CT molecular complexity index is 239. The number of rotatable bonds is 0. The molecule has 0 saturated heterocycles. The Kier molecular flexibility index (Phi) is 16.4. The molecule has 0 spiro atoms. The standard InChI is InChI=1S/C24H42/c1-2-4-6-8-10-12-14-16-18-20-22-24-23-21-19-17-15-13-11-9-7-5-3-1/h1-2,15-18H,3-14,19-24H2/b2-1-,17-15+,18-16+. The molecule has 24 heavy (non-hydrogen) atoms. The average Bonchev–Trinajstić information content (AvgIpc) is 2.59. The zero-order valence-electron chi connectivity index (χ0n) is 16.2. The Hall–Kier alpha value is -0.780. The van der Waals surface area contributed by atoms with Gasteiger partial charge in [-0.2, -0.15) is 0 Å². The van der Waals surface area contributed by atoms with Crippen LogP contribution in [0.25, 0.3) is 0 Å². The summed E-state index contributed by atoms with van der Waals surface area (Å²) in [5.74, 6) is 0. The van der Waals surface area contributed by atoms with Crippen LogP contribution in [-0.2, 0) is 0 Å². The van der Waals surface area contributed by atoms with E-state index >= 15 is 0 Å². The second-order valence-corrected chi connectivity index (χ2v) is 7.39. The van der Waals surface area contributed by atoms with Crippen LogP contribution in [0, 0.1) is 0 Å². The fourth-order valence-corrected chi connectivity index (χ4v) is 3.34. The Morgan fingerprint density at radius 2 is 0.375 bits per heavy atom. The van der Waals surface area contributed by atoms with Crippen molar-refractivity contribution in [1.29, 1.82) is 0 Å². The SMILES string of the molecule is C1=C\CCCCCC/C=C/CCCCCC/C=C/CCCCCC/1. The van der Waals surface area contributed by atoms with E-state index in [1.165, 1.54) is 116 Å². The Morgan fingerprint density at radius 1 is 0.208 bits per heavy atom. The molecule has 0 amide bonds. The Balaban J connectivity index is 2.14. The maximum atomic E-state index is 2.42. The number of allylic oxidation sites excluding steroid dienone is 6. The van der Waals surface area contributed by atoms with Gasteiger partial charge in [-0.05, 0) is 77.0 Å². The third-order valence-electron chi connectivity index (χ3n) is 4.97. The van der Waals surface area contributed by atoms with E-state index in [1.54, 1.807) is 0 Å². The summed E-state index contributed by atoms with van der Waals surface area (Å²) in [6.07, 6.45) is 39.0. The van der Waals surface area contributed by atoms with Crippen LogP contribution in [0.2, 0.25) is 0 Å². The summed E-state index contributed by atoms with van der Waals surface area (Å²) in [6.45, 7) is 0. The topological polar surface area (TPSA) is 0 Å². The van der Waals surface area contributed by atoms with Crippen molar-refractivity contribution in [1.82, 2.24) is 0 Å². The molecule has 0 saturated carbocycles. The zero-order valence-corrected chi connectivity index (χ0v) is 16.2. The van der Waals surface area contributed by atoms with E-state index in [2.05, 4.69) is 36.5 Å². The lowest BCUT2D eigenvalue weighted by atomic mass is 10.1. The van der Waals surface area contributed by atoms with Crippen molar-refractivity contribution < 1.29 is 0 Å². The quantitative estimate of drug-likeness (QED) is 0.390. The van der Waals surface area contributed by atoms with E-state index < -0.39 is 0 Å². The van der Waals surface area contributed by atoms with E-state index in [1.807, 2.05) is 0 Å². The van der Waals surface area contributed by atoms with Crippen LogP contribution in [0.5, 0.6) is 0 Å². The molecule has 0 aromatic carbocycles. The summed E-state index contributed by atoms with van der Waals surface area (Å²) in [6, 6.07) is 0. The van der Waals surface area contributed by atoms with Gasteiger partial charge in [-0.25, -0.2) is 0 Å². The van der Waals surface area contributed by atoms with Crippen molar-refractivity contribution >= 4 is 0 Å². The van der Waals surface area contributed by atoms with Gasteiger partial charge in [0, 0.05) is 0 Å². The van der Waals surface area contributed by atoms with Crippen molar-refractivity contribution in [2.24, 2.45) is 0 Å². The van der Waals surface area contributed by atoms with E-state index in [-0.39, 0.29) is 0 Å². The van der Waals surface area contributed by atoms with E-state index in [4.69, 9.17) is 0 Å². The van der Waals surface area contributed by atoms with E-state index in [0.29, 0.717) is 0 Å². The van der Waals surface area contributed by atoms with Crippen LogP contribution in [0.1, 0.15) is 116 Å². The van der Waals surface area contributed by atoms with Gasteiger partial charge in [-0.15, -0.1) is 0 Å². The summed E-state index contributed by atoms with van der Waals surface area (Å²) >= 11 is 0. The minimum atomic E-state index is 1.29. The summed E-state index contributed by atoms with van der Waals surface area (Å²) in [5, 5.41) is 0. The van der Waals surface area contributed by atoms with Gasteiger partial charge in [0.05, 0.1) is 0 Å². The predicted octanol–water partition coefficient (Wildman–Crippen LogP) is 8.69. The molecule has 0 aliphatic heterocycles. The summed E-state index contributed by atoms with van der Waals surface area (Å²) in [7, 11) is 0. The van der Waals surface area contributed by atoms with Crippen molar-refractivity contribution in [2.75, 3.05) is 0 Å². The van der Waals surface area contributed by atoms with Crippen molar-refractivity contribution in [2.45, 2.75) is 116 Å². The molecular formula is C24H42. The molecule has 0 radical (unpaired) electrons. The molecule has 1 aliphatic rings. The smallest absolute Gasteiger partial charge is 0.0351 e. The highest BCUT2D eigenvalue weighted by Crippen LogP contribution is 2.11. The highest BCUT2D eigenvalue weighted by atomic mass is 14.0. The molecule has 0 heterocycles. The molecule has 0 fully saturated rings. The van der Waals surface area contributed by atoms with Crippen molar-refractivity contribution in [3.63, 3.8) is 0 Å². The summed E-state index contributed by atoms with van der Waals surface area (Å²) < 4.78 is 0.